The van der Waals surface area contributed by atoms with Crippen molar-refractivity contribution in [1.82, 2.24) is 5.32 Å². The van der Waals surface area contributed by atoms with E-state index in [1.54, 1.807) is 18.7 Å². The van der Waals surface area contributed by atoms with E-state index in [9.17, 15) is 40.3 Å². The normalized spacial score (nSPS) is 13.7. The lowest BCUT2D eigenvalue weighted by Crippen LogP contribution is -2.50. The first-order chi connectivity index (χ1) is 17.7. The maximum Gasteiger partial charge on any atom is 0.435 e. The van der Waals surface area contributed by atoms with E-state index in [1.165, 1.54) is 18.2 Å². The maximum atomic E-state index is 14.4. The Hall–Kier alpha value is -2.25. The summed E-state index contributed by atoms with van der Waals surface area (Å²) in [5.74, 6) is -0.885. The van der Waals surface area contributed by atoms with Crippen LogP contribution in [-0.2, 0) is 5.67 Å². The van der Waals surface area contributed by atoms with Crippen LogP contribution in [0.5, 0.6) is 0 Å². The average Bonchev–Trinajstić information content (AvgIpc) is 2.77. The van der Waals surface area contributed by atoms with Crippen molar-refractivity contribution in [3.8, 4) is 0 Å². The largest absolute Gasteiger partial charge is 0.435 e. The van der Waals surface area contributed by atoms with E-state index in [-0.39, 0.29) is 33.4 Å². The zero-order valence-corrected chi connectivity index (χ0v) is 24.3. The second-order valence-corrected chi connectivity index (χ2v) is 17.7. The third kappa shape index (κ3) is 7.91. The number of nitrogens with one attached hydrogen (secondary N) is 2. The van der Waals surface area contributed by atoms with Gasteiger partial charge in [0.1, 0.15) is 0 Å². The molecule has 1 unspecified atom stereocenters. The molecule has 0 aromatic heterocycles. The Kier molecular flexibility index (Phi) is 10.2. The first kappa shape index (κ1) is 33.0. The second-order valence-electron chi connectivity index (χ2n) is 10.3. The van der Waals surface area contributed by atoms with Gasteiger partial charge in [0, 0.05) is 23.0 Å². The van der Waals surface area contributed by atoms with Gasteiger partial charge in [-0.05, 0) is 43.0 Å². The van der Waals surface area contributed by atoms with Gasteiger partial charge in [-0.25, -0.2) is 4.39 Å². The molecule has 0 spiro atoms. The minimum Gasteiger partial charge on any atom is -0.349 e. The standard InChI is InChI=1S/C25H28ClF7N2O2SSi/c1-14-11-16(23(27,24(28,29)30)25(31,32)33)9-10-19(14)35-22(37)20-17(7-6-8-18(20)26)21(36)34-15(2)12-38-13-39(3,4)5/h6-11,15H,12-13H2,1-5H3,(H,34,36)(H,35,37). The zero-order chi connectivity index (χ0) is 30.0. The third-order valence-corrected chi connectivity index (χ3v) is 10.8. The number of thioether (sulfide) groups is 1. The summed E-state index contributed by atoms with van der Waals surface area (Å²) < 4.78 is 93.1. The Balaban J connectivity index is 2.30. The molecule has 0 aliphatic heterocycles. The number of hydrogen-bond donors (Lipinski definition) is 2. The van der Waals surface area contributed by atoms with Gasteiger partial charge in [0.05, 0.1) is 24.2 Å². The molecular weight excluding hydrogens is 589 g/mol. The molecule has 0 saturated heterocycles. The first-order valence-electron chi connectivity index (χ1n) is 11.6. The minimum absolute atomic E-state index is 0.0757. The zero-order valence-electron chi connectivity index (χ0n) is 21.7. The Bertz CT molecular complexity index is 1200. The fourth-order valence-corrected chi connectivity index (χ4v) is 7.14. The number of hydrogen-bond acceptors (Lipinski definition) is 3. The molecule has 0 aliphatic carbocycles. The number of carbonyl (C=O) groups is 2. The molecule has 0 heterocycles. The highest BCUT2D eigenvalue weighted by Gasteiger charge is 2.73. The monoisotopic (exact) mass is 616 g/mol. The number of rotatable bonds is 9. The number of alkyl halides is 7. The van der Waals surface area contributed by atoms with Gasteiger partial charge in [0.15, 0.2) is 0 Å². The van der Waals surface area contributed by atoms with E-state index in [0.29, 0.717) is 17.9 Å². The molecule has 0 fully saturated rings. The Labute approximate surface area is 232 Å². The Morgan fingerprint density at radius 2 is 1.56 bits per heavy atom. The van der Waals surface area contributed by atoms with Crippen LogP contribution in [0.3, 0.4) is 0 Å². The number of halogens is 8. The summed E-state index contributed by atoms with van der Waals surface area (Å²) in [6.45, 7) is 9.56. The highest BCUT2D eigenvalue weighted by Crippen LogP contribution is 2.53. The summed E-state index contributed by atoms with van der Waals surface area (Å²) in [5.41, 5.74) is -8.08. The van der Waals surface area contributed by atoms with Gasteiger partial charge in [-0.2, -0.15) is 38.1 Å². The Morgan fingerprint density at radius 1 is 0.974 bits per heavy atom. The fourth-order valence-electron chi connectivity index (χ4n) is 3.52. The first-order valence-corrected chi connectivity index (χ1v) is 16.8. The van der Waals surface area contributed by atoms with Gasteiger partial charge < -0.3 is 10.6 Å². The Morgan fingerprint density at radius 3 is 2.08 bits per heavy atom. The molecule has 0 bridgehead atoms. The van der Waals surface area contributed by atoms with E-state index >= 15 is 0 Å². The van der Waals surface area contributed by atoms with E-state index in [4.69, 9.17) is 11.6 Å². The average molecular weight is 617 g/mol. The molecule has 2 aromatic carbocycles. The highest BCUT2D eigenvalue weighted by atomic mass is 35.5. The van der Waals surface area contributed by atoms with Crippen LogP contribution in [0.4, 0.5) is 36.4 Å². The van der Waals surface area contributed by atoms with Crippen LogP contribution in [0.2, 0.25) is 24.7 Å². The van der Waals surface area contributed by atoms with Crippen molar-refractivity contribution < 1.29 is 40.3 Å². The molecule has 0 saturated carbocycles. The summed E-state index contributed by atoms with van der Waals surface area (Å²) in [6, 6.07) is 5.29. The lowest BCUT2D eigenvalue weighted by atomic mass is 9.92. The summed E-state index contributed by atoms with van der Waals surface area (Å²) in [4.78, 5) is 26.0. The van der Waals surface area contributed by atoms with E-state index in [2.05, 4.69) is 30.3 Å². The number of amides is 2. The van der Waals surface area contributed by atoms with E-state index in [0.717, 1.165) is 18.4 Å². The summed E-state index contributed by atoms with van der Waals surface area (Å²) >= 11 is 7.89. The smallest absolute Gasteiger partial charge is 0.349 e. The van der Waals surface area contributed by atoms with Crippen molar-refractivity contribution in [3.63, 3.8) is 0 Å². The van der Waals surface area contributed by atoms with Crippen molar-refractivity contribution in [1.29, 1.82) is 0 Å². The molecule has 4 nitrogen and oxygen atoms in total. The van der Waals surface area contributed by atoms with Gasteiger partial charge in [-0.1, -0.05) is 49.4 Å². The van der Waals surface area contributed by atoms with Crippen LogP contribution in [0.1, 0.15) is 38.8 Å². The highest BCUT2D eigenvalue weighted by molar-refractivity contribution is 8.00. The van der Waals surface area contributed by atoms with E-state index in [1.807, 2.05) is 0 Å². The number of aryl methyl sites for hydroxylation is 1. The molecule has 1 atom stereocenters. The van der Waals surface area contributed by atoms with Crippen LogP contribution < -0.4 is 10.6 Å². The molecule has 2 aromatic rings. The SMILES string of the molecule is Cc1cc(C(F)(C(F)(F)F)C(F)(F)F)ccc1NC(=O)c1c(Cl)cccc1C(=O)NC(C)CSC[Si](C)(C)C. The molecule has 0 radical (unpaired) electrons. The summed E-state index contributed by atoms with van der Waals surface area (Å²) in [5, 5.41) is 6.02. The quantitative estimate of drug-likeness (QED) is 0.222. The predicted octanol–water partition coefficient (Wildman–Crippen LogP) is 7.92. The van der Waals surface area contributed by atoms with Crippen LogP contribution in [0.15, 0.2) is 36.4 Å². The number of carbonyl (C=O) groups excluding carboxylic acids is 2. The van der Waals surface area contributed by atoms with Gasteiger partial charge in [-0.3, -0.25) is 9.59 Å². The summed E-state index contributed by atoms with van der Waals surface area (Å²) in [6.07, 6.45) is -12.5. The van der Waals surface area contributed by atoms with Crippen molar-refractivity contribution >= 4 is 48.9 Å². The van der Waals surface area contributed by atoms with Crippen molar-refractivity contribution in [2.45, 2.75) is 57.6 Å². The predicted molar refractivity (Wildman–Crippen MR) is 143 cm³/mol. The molecule has 216 valence electrons. The van der Waals surface area contributed by atoms with E-state index < -0.39 is 43.5 Å². The third-order valence-electron chi connectivity index (χ3n) is 5.42. The van der Waals surface area contributed by atoms with Gasteiger partial charge in [0.25, 0.3) is 11.8 Å². The fraction of sp³-hybridized carbons (Fsp3) is 0.440. The maximum absolute atomic E-state index is 14.4. The van der Waals surface area contributed by atoms with Crippen molar-refractivity contribution in [2.24, 2.45) is 0 Å². The molecule has 39 heavy (non-hydrogen) atoms. The number of benzene rings is 2. The topological polar surface area (TPSA) is 58.2 Å². The van der Waals surface area contributed by atoms with Crippen LogP contribution >= 0.6 is 23.4 Å². The lowest BCUT2D eigenvalue weighted by molar-refractivity contribution is -0.348. The van der Waals surface area contributed by atoms with Gasteiger partial charge in [-0.15, -0.1) is 0 Å². The molecular formula is C25H28ClF7N2O2SSi. The van der Waals surface area contributed by atoms with Crippen LogP contribution in [0.25, 0.3) is 0 Å². The summed E-state index contributed by atoms with van der Waals surface area (Å²) in [7, 11) is -1.29. The van der Waals surface area contributed by atoms with Gasteiger partial charge >= 0.3 is 18.0 Å². The lowest BCUT2D eigenvalue weighted by Gasteiger charge is -2.30. The molecule has 2 rings (SSSR count). The molecule has 2 N–H and O–H groups in total. The van der Waals surface area contributed by atoms with Gasteiger partial charge in [0.2, 0.25) is 0 Å². The minimum atomic E-state index is -6.27. The van der Waals surface area contributed by atoms with Crippen LogP contribution in [0, 0.1) is 6.92 Å². The molecule has 0 aliphatic rings. The van der Waals surface area contributed by atoms with Crippen molar-refractivity contribution in [2.75, 3.05) is 16.4 Å². The number of anilines is 1. The molecule has 14 heteroatoms. The molecule has 2 amide bonds. The van der Waals surface area contributed by atoms with Crippen LogP contribution in [-0.4, -0.2) is 49.4 Å². The van der Waals surface area contributed by atoms with Crippen molar-refractivity contribution in [3.05, 3.63) is 63.7 Å². The second kappa shape index (κ2) is 12.1.